The van der Waals surface area contributed by atoms with Crippen molar-refractivity contribution in [2.24, 2.45) is 0 Å². The van der Waals surface area contributed by atoms with Crippen LogP contribution < -0.4 is 11.1 Å². The average molecular weight is 281 g/mol. The topological polar surface area (TPSA) is 95.4 Å². The number of carbonyl (C=O) groups excluding carboxylic acids is 1. The summed E-state index contributed by atoms with van der Waals surface area (Å²) in [5.41, 5.74) is -0.806. The molecule has 2 rings (SSSR count). The number of aliphatic hydroxyl groups excluding tert-OH is 1. The Balaban J connectivity index is 2.05. The Morgan fingerprint density at radius 1 is 1.40 bits per heavy atom. The first-order valence-corrected chi connectivity index (χ1v) is 6.82. The number of H-pyrrole nitrogens is 1. The van der Waals surface area contributed by atoms with Crippen LogP contribution in [0.4, 0.5) is 0 Å². The van der Waals surface area contributed by atoms with Gasteiger partial charge in [-0.3, -0.25) is 19.5 Å². The van der Waals surface area contributed by atoms with Crippen molar-refractivity contribution in [2.45, 2.75) is 38.3 Å². The molecule has 1 aromatic rings. The van der Waals surface area contributed by atoms with Crippen LogP contribution in [0.2, 0.25) is 0 Å². The molecule has 0 saturated carbocycles. The van der Waals surface area contributed by atoms with E-state index in [1.165, 1.54) is 0 Å². The molecule has 1 aliphatic heterocycles. The van der Waals surface area contributed by atoms with Gasteiger partial charge in [-0.25, -0.2) is 4.68 Å². The number of amides is 1. The van der Waals surface area contributed by atoms with Gasteiger partial charge in [-0.15, -0.1) is 0 Å². The summed E-state index contributed by atoms with van der Waals surface area (Å²) >= 11 is 0. The van der Waals surface area contributed by atoms with Crippen molar-refractivity contribution >= 4 is 5.91 Å². The quantitative estimate of drug-likeness (QED) is 0.746. The maximum absolute atomic E-state index is 12.2. The van der Waals surface area contributed by atoms with Crippen LogP contribution in [0.15, 0.2) is 21.7 Å². The molecule has 1 atom stereocenters. The van der Waals surface area contributed by atoms with Crippen LogP contribution in [0.1, 0.15) is 25.7 Å². The zero-order valence-electron chi connectivity index (χ0n) is 11.2. The molecule has 0 aliphatic carbocycles. The van der Waals surface area contributed by atoms with Gasteiger partial charge >= 0.3 is 0 Å². The van der Waals surface area contributed by atoms with E-state index >= 15 is 0 Å². The first kappa shape index (κ1) is 14.5. The molecule has 7 nitrogen and oxygen atoms in total. The van der Waals surface area contributed by atoms with Gasteiger partial charge in [0.15, 0.2) is 0 Å². The van der Waals surface area contributed by atoms with Gasteiger partial charge in [-0.1, -0.05) is 0 Å². The molecular formula is C13H19N3O4. The van der Waals surface area contributed by atoms with E-state index < -0.39 is 11.1 Å². The predicted molar refractivity (Wildman–Crippen MR) is 72.4 cm³/mol. The van der Waals surface area contributed by atoms with Gasteiger partial charge in [-0.05, 0) is 25.7 Å². The number of nitrogens with one attached hydrogen (secondary N) is 1. The van der Waals surface area contributed by atoms with Crippen molar-refractivity contribution in [3.63, 3.8) is 0 Å². The maximum Gasteiger partial charge on any atom is 0.265 e. The van der Waals surface area contributed by atoms with E-state index in [1.807, 2.05) is 0 Å². The number of aromatic nitrogens is 2. The fourth-order valence-electron chi connectivity index (χ4n) is 2.60. The molecule has 2 heterocycles. The molecule has 0 spiro atoms. The largest absolute Gasteiger partial charge is 0.396 e. The first-order valence-electron chi connectivity index (χ1n) is 6.82. The molecule has 2 N–H and O–H groups in total. The third kappa shape index (κ3) is 3.36. The number of aromatic amines is 1. The molecule has 1 aromatic heterocycles. The van der Waals surface area contributed by atoms with E-state index in [0.717, 1.165) is 36.1 Å². The van der Waals surface area contributed by atoms with Crippen LogP contribution in [0.25, 0.3) is 0 Å². The second kappa shape index (κ2) is 6.51. The Hall–Kier alpha value is -1.89. The fraction of sp³-hybridized carbons (Fsp3) is 0.615. The minimum absolute atomic E-state index is 0.115. The number of rotatable bonds is 5. The third-order valence-electron chi connectivity index (χ3n) is 3.57. The number of likely N-dealkylation sites (tertiary alicyclic amines) is 1. The number of aliphatic hydroxyl groups is 1. The van der Waals surface area contributed by atoms with E-state index in [9.17, 15) is 14.4 Å². The van der Waals surface area contributed by atoms with E-state index in [4.69, 9.17) is 5.11 Å². The van der Waals surface area contributed by atoms with Gasteiger partial charge in [0.2, 0.25) is 5.91 Å². The van der Waals surface area contributed by atoms with Crippen LogP contribution in [-0.4, -0.2) is 44.9 Å². The van der Waals surface area contributed by atoms with Crippen molar-refractivity contribution in [2.75, 3.05) is 13.2 Å². The molecule has 7 heteroatoms. The van der Waals surface area contributed by atoms with Crippen LogP contribution >= 0.6 is 0 Å². The summed E-state index contributed by atoms with van der Waals surface area (Å²) in [6.07, 6.45) is 3.28. The van der Waals surface area contributed by atoms with E-state index in [0.29, 0.717) is 13.0 Å². The summed E-state index contributed by atoms with van der Waals surface area (Å²) in [4.78, 5) is 36.7. The summed E-state index contributed by atoms with van der Waals surface area (Å²) in [7, 11) is 0. The first-order chi connectivity index (χ1) is 9.61. The Morgan fingerprint density at radius 3 is 2.95 bits per heavy atom. The maximum atomic E-state index is 12.2. The summed E-state index contributed by atoms with van der Waals surface area (Å²) in [6.45, 7) is 0.634. The molecule has 1 fully saturated rings. The molecule has 1 amide bonds. The predicted octanol–water partition coefficient (Wildman–Crippen LogP) is -0.700. The monoisotopic (exact) mass is 281 g/mol. The highest BCUT2D eigenvalue weighted by Crippen LogP contribution is 2.21. The van der Waals surface area contributed by atoms with Gasteiger partial charge in [0.1, 0.15) is 6.54 Å². The molecule has 1 aliphatic rings. The Kier molecular flexibility index (Phi) is 4.73. The summed E-state index contributed by atoms with van der Waals surface area (Å²) < 4.78 is 1.03. The zero-order valence-corrected chi connectivity index (χ0v) is 11.2. The van der Waals surface area contributed by atoms with Crippen molar-refractivity contribution in [3.05, 3.63) is 32.8 Å². The summed E-state index contributed by atoms with van der Waals surface area (Å²) in [6, 6.07) is 2.42. The van der Waals surface area contributed by atoms with Gasteiger partial charge in [0.05, 0.1) is 0 Å². The molecule has 1 unspecified atom stereocenters. The number of hydrogen-bond donors (Lipinski definition) is 2. The van der Waals surface area contributed by atoms with E-state index in [-0.39, 0.29) is 25.1 Å². The highest BCUT2D eigenvalue weighted by molar-refractivity contribution is 5.76. The second-order valence-electron chi connectivity index (χ2n) is 4.98. The number of carbonyl (C=O) groups is 1. The highest BCUT2D eigenvalue weighted by atomic mass is 16.3. The minimum atomic E-state index is -0.407. The summed E-state index contributed by atoms with van der Waals surface area (Å²) in [5.74, 6) is -0.172. The zero-order chi connectivity index (χ0) is 14.5. The number of nitrogens with zero attached hydrogens (tertiary/aromatic N) is 2. The number of hydrogen-bond acceptors (Lipinski definition) is 4. The molecule has 20 heavy (non-hydrogen) atoms. The lowest BCUT2D eigenvalue weighted by molar-refractivity contribution is -0.133. The fourth-order valence-corrected chi connectivity index (χ4v) is 2.60. The lowest BCUT2D eigenvalue weighted by Crippen LogP contribution is -2.41. The molecule has 110 valence electrons. The molecule has 0 bridgehead atoms. The van der Waals surface area contributed by atoms with Gasteiger partial charge in [-0.2, -0.15) is 0 Å². The van der Waals surface area contributed by atoms with Crippen molar-refractivity contribution in [3.8, 4) is 0 Å². The Labute approximate surface area is 115 Å². The van der Waals surface area contributed by atoms with Gasteiger partial charge < -0.3 is 10.0 Å². The van der Waals surface area contributed by atoms with Gasteiger partial charge in [0, 0.05) is 31.3 Å². The van der Waals surface area contributed by atoms with E-state index in [1.54, 1.807) is 4.90 Å². The normalized spacial score (nSPS) is 18.4. The molecule has 0 radical (unpaired) electrons. The summed E-state index contributed by atoms with van der Waals surface area (Å²) in [5, 5.41) is 11.2. The van der Waals surface area contributed by atoms with Crippen molar-refractivity contribution in [1.82, 2.24) is 14.7 Å². The van der Waals surface area contributed by atoms with Crippen molar-refractivity contribution < 1.29 is 9.90 Å². The lowest BCUT2D eigenvalue weighted by Gasteiger charge is -2.24. The standard InChI is InChI=1S/C13H19N3O4/c17-8-2-4-10-3-1-7-15(10)13(20)9-16-12(19)6-5-11(18)14-16/h5-6,10,17H,1-4,7-9H2,(H,14,18). The van der Waals surface area contributed by atoms with Crippen LogP contribution in [0, 0.1) is 0 Å². The van der Waals surface area contributed by atoms with Crippen LogP contribution in [0.3, 0.4) is 0 Å². The van der Waals surface area contributed by atoms with Gasteiger partial charge in [0.25, 0.3) is 11.1 Å². The Morgan fingerprint density at radius 2 is 2.20 bits per heavy atom. The van der Waals surface area contributed by atoms with Crippen LogP contribution in [0.5, 0.6) is 0 Å². The highest BCUT2D eigenvalue weighted by Gasteiger charge is 2.28. The SMILES string of the molecule is O=C(Cn1[nH]c(=O)ccc1=O)N1CCCC1CCCO. The minimum Gasteiger partial charge on any atom is -0.396 e. The average Bonchev–Trinajstić information content (AvgIpc) is 2.89. The third-order valence-corrected chi connectivity index (χ3v) is 3.57. The Bertz CT molecular complexity index is 577. The molecular weight excluding hydrogens is 262 g/mol. The van der Waals surface area contributed by atoms with Crippen LogP contribution in [-0.2, 0) is 11.3 Å². The molecule has 0 aromatic carbocycles. The smallest absolute Gasteiger partial charge is 0.265 e. The van der Waals surface area contributed by atoms with E-state index in [2.05, 4.69) is 5.10 Å². The molecule has 1 saturated heterocycles. The van der Waals surface area contributed by atoms with Crippen molar-refractivity contribution in [1.29, 1.82) is 0 Å². The lowest BCUT2D eigenvalue weighted by atomic mass is 10.1. The second-order valence-corrected chi connectivity index (χ2v) is 4.98.